The summed E-state index contributed by atoms with van der Waals surface area (Å²) in [5.74, 6) is -2.83. The molecule has 0 aliphatic carbocycles. The topological polar surface area (TPSA) is 86.7 Å². The zero-order valence-corrected chi connectivity index (χ0v) is 13.5. The molecule has 1 aromatic rings. The Morgan fingerprint density at radius 3 is 2.60 bits per heavy atom. The first kappa shape index (κ1) is 17.1. The quantitative estimate of drug-likeness (QED) is 0.816. The fraction of sp³-hybridized carbons (Fsp3) is 0.389. The van der Waals surface area contributed by atoms with Crippen LogP contribution >= 0.6 is 0 Å². The average Bonchev–Trinajstić information content (AvgIpc) is 2.99. The third-order valence-corrected chi connectivity index (χ3v) is 4.71. The van der Waals surface area contributed by atoms with Crippen LogP contribution in [0.4, 0.5) is 4.39 Å². The smallest absolute Gasteiger partial charge is 0.326 e. The number of carbonyl (C=O) groups is 3. The summed E-state index contributed by atoms with van der Waals surface area (Å²) in [6.45, 7) is 0. The Morgan fingerprint density at radius 1 is 1.16 bits per heavy atom. The van der Waals surface area contributed by atoms with Crippen LogP contribution in [-0.4, -0.2) is 45.9 Å². The number of hydrogen-bond acceptors (Lipinski definition) is 3. The maximum absolute atomic E-state index is 13.8. The molecule has 3 atom stereocenters. The molecule has 0 radical (unpaired) electrons. The van der Waals surface area contributed by atoms with Gasteiger partial charge in [0.15, 0.2) is 0 Å². The zero-order chi connectivity index (χ0) is 18.0. The van der Waals surface area contributed by atoms with Crippen molar-refractivity contribution in [3.05, 3.63) is 47.8 Å². The van der Waals surface area contributed by atoms with Gasteiger partial charge in [-0.3, -0.25) is 9.59 Å². The maximum Gasteiger partial charge on any atom is 0.326 e. The predicted octanol–water partition coefficient (Wildman–Crippen LogP) is 1.72. The van der Waals surface area contributed by atoms with E-state index in [0.717, 1.165) is 0 Å². The minimum absolute atomic E-state index is 0.144. The highest BCUT2D eigenvalue weighted by Crippen LogP contribution is 2.29. The number of fused-ring (bicyclic) bond motifs is 1. The van der Waals surface area contributed by atoms with E-state index in [-0.39, 0.29) is 18.0 Å². The summed E-state index contributed by atoms with van der Waals surface area (Å²) >= 11 is 0. The maximum atomic E-state index is 13.8. The van der Waals surface area contributed by atoms with Crippen LogP contribution in [0.2, 0.25) is 0 Å². The van der Waals surface area contributed by atoms with E-state index >= 15 is 0 Å². The lowest BCUT2D eigenvalue weighted by Crippen LogP contribution is -2.54. The summed E-state index contributed by atoms with van der Waals surface area (Å²) in [6.07, 6.45) is 5.55. The van der Waals surface area contributed by atoms with Gasteiger partial charge >= 0.3 is 5.97 Å². The molecule has 25 heavy (non-hydrogen) atoms. The second-order valence-electron chi connectivity index (χ2n) is 6.28. The molecule has 7 heteroatoms. The van der Waals surface area contributed by atoms with Crippen molar-refractivity contribution in [2.45, 2.75) is 43.8 Å². The fourth-order valence-corrected chi connectivity index (χ4v) is 3.46. The van der Waals surface area contributed by atoms with E-state index in [0.29, 0.717) is 19.3 Å². The number of amides is 2. The molecule has 6 nitrogen and oxygen atoms in total. The van der Waals surface area contributed by atoms with E-state index < -0.39 is 35.7 Å². The summed E-state index contributed by atoms with van der Waals surface area (Å²) in [5, 5.41) is 11.9. The van der Waals surface area contributed by atoms with Gasteiger partial charge in [-0.05, 0) is 37.8 Å². The second kappa shape index (κ2) is 7.04. The van der Waals surface area contributed by atoms with Gasteiger partial charge in [-0.25, -0.2) is 9.18 Å². The van der Waals surface area contributed by atoms with Crippen molar-refractivity contribution in [2.75, 3.05) is 0 Å². The number of carbonyl (C=O) groups excluding carboxylic acids is 2. The number of benzene rings is 1. The van der Waals surface area contributed by atoms with Crippen LogP contribution in [0.15, 0.2) is 36.4 Å². The second-order valence-corrected chi connectivity index (χ2v) is 6.28. The molecular weight excluding hydrogens is 327 g/mol. The molecule has 1 fully saturated rings. The van der Waals surface area contributed by atoms with Crippen molar-refractivity contribution < 1.29 is 23.9 Å². The van der Waals surface area contributed by atoms with Gasteiger partial charge in [-0.1, -0.05) is 24.3 Å². The van der Waals surface area contributed by atoms with Crippen LogP contribution in [-0.2, 0) is 9.59 Å². The van der Waals surface area contributed by atoms with Crippen molar-refractivity contribution in [3.8, 4) is 0 Å². The van der Waals surface area contributed by atoms with E-state index in [4.69, 9.17) is 0 Å². The molecular formula is C18H19FN2O4. The lowest BCUT2D eigenvalue weighted by atomic mass is 10.0. The first-order valence-corrected chi connectivity index (χ1v) is 8.24. The molecule has 0 bridgehead atoms. The van der Waals surface area contributed by atoms with Gasteiger partial charge in [0.05, 0.1) is 5.56 Å². The zero-order valence-electron chi connectivity index (χ0n) is 13.5. The molecule has 0 spiro atoms. The summed E-state index contributed by atoms with van der Waals surface area (Å²) in [6, 6.07) is 3.55. The van der Waals surface area contributed by atoms with Crippen molar-refractivity contribution in [2.24, 2.45) is 0 Å². The average molecular weight is 346 g/mol. The summed E-state index contributed by atoms with van der Waals surface area (Å²) < 4.78 is 13.8. The van der Waals surface area contributed by atoms with Crippen LogP contribution in [0.5, 0.6) is 0 Å². The van der Waals surface area contributed by atoms with E-state index in [1.54, 1.807) is 6.08 Å². The molecule has 2 aliphatic rings. The fourth-order valence-electron chi connectivity index (χ4n) is 3.46. The molecule has 2 aliphatic heterocycles. The van der Waals surface area contributed by atoms with Gasteiger partial charge in [-0.2, -0.15) is 0 Å². The van der Waals surface area contributed by atoms with Crippen LogP contribution in [0, 0.1) is 5.82 Å². The molecule has 0 aromatic heterocycles. The first-order chi connectivity index (χ1) is 12.0. The molecule has 1 aromatic carbocycles. The monoisotopic (exact) mass is 346 g/mol. The Kier molecular flexibility index (Phi) is 4.83. The first-order valence-electron chi connectivity index (χ1n) is 8.24. The number of hydrogen-bond donors (Lipinski definition) is 2. The van der Waals surface area contributed by atoms with Gasteiger partial charge in [0, 0.05) is 6.04 Å². The molecule has 2 amide bonds. The van der Waals surface area contributed by atoms with Gasteiger partial charge in [-0.15, -0.1) is 0 Å². The molecule has 2 heterocycles. The Balaban J connectivity index is 1.82. The van der Waals surface area contributed by atoms with Crippen molar-refractivity contribution in [1.82, 2.24) is 10.2 Å². The third-order valence-electron chi connectivity index (χ3n) is 4.71. The van der Waals surface area contributed by atoms with Gasteiger partial charge in [0.25, 0.3) is 5.91 Å². The number of nitrogens with zero attached hydrogens (tertiary/aromatic N) is 1. The Labute approximate surface area is 144 Å². The highest BCUT2D eigenvalue weighted by atomic mass is 19.1. The standard InChI is InChI=1S/C18H19FN2O4/c19-13-7-3-2-6-12(13)16(22)20-14-8-4-1-5-11-9-10-15(18(24)25)21(11)17(14)23/h1-4,6-7,11,14-15H,5,8-10H2,(H,20,22)(H,24,25)/t11-,14+,15+/m1/s1. The van der Waals surface area contributed by atoms with Crippen LogP contribution in [0.25, 0.3) is 0 Å². The highest BCUT2D eigenvalue weighted by molar-refractivity contribution is 5.98. The van der Waals surface area contributed by atoms with Crippen molar-refractivity contribution >= 4 is 17.8 Å². The van der Waals surface area contributed by atoms with Crippen LogP contribution in [0.1, 0.15) is 36.0 Å². The Hall–Kier alpha value is -2.70. The highest BCUT2D eigenvalue weighted by Gasteiger charge is 2.43. The lowest BCUT2D eigenvalue weighted by molar-refractivity contribution is -0.150. The minimum Gasteiger partial charge on any atom is -0.480 e. The van der Waals surface area contributed by atoms with Crippen LogP contribution < -0.4 is 5.32 Å². The number of carboxylic acid groups (broad SMARTS) is 1. The molecule has 1 saturated heterocycles. The number of aliphatic carboxylic acids is 1. The van der Waals surface area contributed by atoms with E-state index in [1.165, 1.54) is 29.2 Å². The molecule has 0 saturated carbocycles. The van der Waals surface area contributed by atoms with Gasteiger partial charge in [0.2, 0.25) is 5.91 Å². The molecule has 132 valence electrons. The minimum atomic E-state index is -1.04. The lowest BCUT2D eigenvalue weighted by Gasteiger charge is -2.32. The Bertz CT molecular complexity index is 734. The van der Waals surface area contributed by atoms with Crippen molar-refractivity contribution in [3.63, 3.8) is 0 Å². The summed E-state index contributed by atoms with van der Waals surface area (Å²) in [7, 11) is 0. The number of rotatable bonds is 3. The molecule has 2 N–H and O–H groups in total. The molecule has 3 rings (SSSR count). The van der Waals surface area contributed by atoms with Crippen LogP contribution in [0.3, 0.4) is 0 Å². The van der Waals surface area contributed by atoms with E-state index in [2.05, 4.69) is 5.32 Å². The Morgan fingerprint density at radius 2 is 1.88 bits per heavy atom. The SMILES string of the molecule is O=C(N[C@H]1CC=CC[C@@H]2CC[C@@H](C(=O)O)N2C1=O)c1ccccc1F. The number of halogens is 1. The van der Waals surface area contributed by atoms with E-state index in [9.17, 15) is 23.9 Å². The summed E-state index contributed by atoms with van der Waals surface area (Å²) in [4.78, 5) is 38.0. The number of carboxylic acids is 1. The molecule has 0 unspecified atom stereocenters. The normalized spacial score (nSPS) is 25.9. The summed E-state index contributed by atoms with van der Waals surface area (Å²) in [5.41, 5.74) is -0.144. The van der Waals surface area contributed by atoms with Gasteiger partial charge < -0.3 is 15.3 Å². The third kappa shape index (κ3) is 3.40. The van der Waals surface area contributed by atoms with Crippen molar-refractivity contribution in [1.29, 1.82) is 0 Å². The largest absolute Gasteiger partial charge is 0.480 e. The predicted molar refractivity (Wildman–Crippen MR) is 87.3 cm³/mol. The number of nitrogens with one attached hydrogen (secondary N) is 1. The van der Waals surface area contributed by atoms with E-state index in [1.807, 2.05) is 6.08 Å². The van der Waals surface area contributed by atoms with Gasteiger partial charge in [0.1, 0.15) is 17.9 Å².